The van der Waals surface area contributed by atoms with Crippen molar-refractivity contribution in [1.82, 2.24) is 10.4 Å². The van der Waals surface area contributed by atoms with Crippen molar-refractivity contribution in [2.75, 3.05) is 20.2 Å². The summed E-state index contributed by atoms with van der Waals surface area (Å²) in [6.07, 6.45) is 1.58. The number of ether oxygens (including phenoxy) is 1. The van der Waals surface area contributed by atoms with E-state index in [1.165, 1.54) is 12.2 Å². The first-order valence-electron chi connectivity index (χ1n) is 5.71. The first-order valence-corrected chi connectivity index (χ1v) is 5.71. The zero-order valence-electron chi connectivity index (χ0n) is 10.6. The third-order valence-electron chi connectivity index (χ3n) is 2.37. The normalized spacial score (nSPS) is 21.6. The zero-order chi connectivity index (χ0) is 12.2. The highest BCUT2D eigenvalue weighted by atomic mass is 16.7. The lowest BCUT2D eigenvalue weighted by Crippen LogP contribution is -2.49. The molecule has 1 N–H and O–H groups in total. The third kappa shape index (κ3) is 3.98. The Labute approximate surface area is 97.0 Å². The number of nitrogens with one attached hydrogen (secondary N) is 1. The van der Waals surface area contributed by atoms with Crippen LogP contribution in [0, 0.1) is 0 Å². The molecule has 5 heteroatoms. The lowest BCUT2D eigenvalue weighted by molar-refractivity contribution is -0.151. The summed E-state index contributed by atoms with van der Waals surface area (Å²) < 4.78 is 5.28. The predicted octanol–water partition coefficient (Wildman–Crippen LogP) is 1.54. The quantitative estimate of drug-likeness (QED) is 0.731. The predicted molar refractivity (Wildman–Crippen MR) is 61.0 cm³/mol. The highest BCUT2D eigenvalue weighted by Crippen LogP contribution is 2.15. The lowest BCUT2D eigenvalue weighted by Gasteiger charge is -2.33. The fourth-order valence-electron chi connectivity index (χ4n) is 1.71. The Hall–Kier alpha value is -0.810. The minimum Gasteiger partial charge on any atom is -0.442 e. The van der Waals surface area contributed by atoms with Gasteiger partial charge in [-0.2, -0.15) is 5.06 Å². The standard InChI is InChI=1S/C11H22N2O3/c1-11(2,3)16-10(14)13(15-4)9-6-5-7-12-8-9/h9,12H,5-8H2,1-4H3. The van der Waals surface area contributed by atoms with Crippen LogP contribution in [0.5, 0.6) is 0 Å². The number of amides is 1. The lowest BCUT2D eigenvalue weighted by atomic mass is 10.1. The maximum atomic E-state index is 11.8. The monoisotopic (exact) mass is 230 g/mol. The molecule has 0 saturated carbocycles. The largest absolute Gasteiger partial charge is 0.442 e. The van der Waals surface area contributed by atoms with Crippen LogP contribution in [0.1, 0.15) is 33.6 Å². The molecule has 0 aromatic rings. The molecule has 1 aliphatic rings. The van der Waals surface area contributed by atoms with E-state index in [-0.39, 0.29) is 6.04 Å². The molecule has 1 unspecified atom stereocenters. The van der Waals surface area contributed by atoms with Gasteiger partial charge in [0.1, 0.15) is 5.60 Å². The number of hydrogen-bond donors (Lipinski definition) is 1. The molecule has 1 heterocycles. The van der Waals surface area contributed by atoms with Crippen LogP contribution in [0.3, 0.4) is 0 Å². The van der Waals surface area contributed by atoms with Crippen molar-refractivity contribution in [2.24, 2.45) is 0 Å². The Morgan fingerprint density at radius 2 is 2.12 bits per heavy atom. The number of hydroxylamine groups is 2. The Morgan fingerprint density at radius 1 is 1.44 bits per heavy atom. The molecule has 0 spiro atoms. The molecule has 0 aromatic carbocycles. The van der Waals surface area contributed by atoms with Crippen LogP contribution < -0.4 is 5.32 Å². The smallest absolute Gasteiger partial charge is 0.434 e. The number of carbonyl (C=O) groups excluding carboxylic acids is 1. The Kier molecular flexibility index (Phi) is 4.56. The molecular weight excluding hydrogens is 208 g/mol. The van der Waals surface area contributed by atoms with Crippen molar-refractivity contribution in [3.63, 3.8) is 0 Å². The third-order valence-corrected chi connectivity index (χ3v) is 2.37. The molecule has 1 amide bonds. The summed E-state index contributed by atoms with van der Waals surface area (Å²) in [6.45, 7) is 7.29. The van der Waals surface area contributed by atoms with Gasteiger partial charge in [0, 0.05) is 6.54 Å². The molecule has 0 bridgehead atoms. The minimum atomic E-state index is -0.490. The van der Waals surface area contributed by atoms with E-state index in [1.807, 2.05) is 20.8 Å². The second-order valence-corrected chi connectivity index (χ2v) is 4.99. The zero-order valence-corrected chi connectivity index (χ0v) is 10.6. The fourth-order valence-corrected chi connectivity index (χ4v) is 1.71. The summed E-state index contributed by atoms with van der Waals surface area (Å²) in [5.74, 6) is 0. The maximum Gasteiger partial charge on any atom is 0.434 e. The molecule has 1 atom stereocenters. The van der Waals surface area contributed by atoms with Gasteiger partial charge in [0.2, 0.25) is 0 Å². The van der Waals surface area contributed by atoms with Crippen molar-refractivity contribution in [1.29, 1.82) is 0 Å². The molecule has 16 heavy (non-hydrogen) atoms. The number of hydrogen-bond acceptors (Lipinski definition) is 4. The van der Waals surface area contributed by atoms with Crippen LogP contribution in [0.25, 0.3) is 0 Å². The summed E-state index contributed by atoms with van der Waals surface area (Å²) in [6, 6.07) is 0.0635. The topological polar surface area (TPSA) is 50.8 Å². The van der Waals surface area contributed by atoms with Crippen LogP contribution in [0.4, 0.5) is 4.79 Å². The van der Waals surface area contributed by atoms with Crippen LogP contribution in [0.2, 0.25) is 0 Å². The maximum absolute atomic E-state index is 11.8. The van der Waals surface area contributed by atoms with Gasteiger partial charge < -0.3 is 10.1 Å². The molecule has 0 aliphatic carbocycles. The van der Waals surface area contributed by atoms with Crippen molar-refractivity contribution in [2.45, 2.75) is 45.3 Å². The minimum absolute atomic E-state index is 0.0635. The van der Waals surface area contributed by atoms with E-state index in [0.717, 1.165) is 25.9 Å². The second-order valence-electron chi connectivity index (χ2n) is 4.99. The van der Waals surface area contributed by atoms with Gasteiger partial charge in [-0.1, -0.05) is 0 Å². The van der Waals surface area contributed by atoms with E-state index in [4.69, 9.17) is 9.57 Å². The number of rotatable bonds is 2. The fraction of sp³-hybridized carbons (Fsp3) is 0.909. The summed E-state index contributed by atoms with van der Waals surface area (Å²) in [5, 5.41) is 4.57. The molecule has 1 fully saturated rings. The van der Waals surface area contributed by atoms with Gasteiger partial charge in [-0.3, -0.25) is 4.84 Å². The van der Waals surface area contributed by atoms with Crippen molar-refractivity contribution in [3.05, 3.63) is 0 Å². The molecule has 1 saturated heterocycles. The molecule has 94 valence electrons. The second kappa shape index (κ2) is 5.50. The van der Waals surface area contributed by atoms with Gasteiger partial charge in [0.25, 0.3) is 0 Å². The van der Waals surface area contributed by atoms with E-state index in [2.05, 4.69) is 5.32 Å². The molecule has 1 aliphatic heterocycles. The van der Waals surface area contributed by atoms with E-state index < -0.39 is 11.7 Å². The summed E-state index contributed by atoms with van der Waals surface area (Å²) >= 11 is 0. The van der Waals surface area contributed by atoms with Crippen molar-refractivity contribution in [3.8, 4) is 0 Å². The Morgan fingerprint density at radius 3 is 2.56 bits per heavy atom. The van der Waals surface area contributed by atoms with Crippen LogP contribution in [0.15, 0.2) is 0 Å². The van der Waals surface area contributed by atoms with Gasteiger partial charge in [-0.05, 0) is 40.2 Å². The van der Waals surface area contributed by atoms with Crippen LogP contribution >= 0.6 is 0 Å². The first kappa shape index (κ1) is 13.3. The summed E-state index contributed by atoms with van der Waals surface area (Å²) in [4.78, 5) is 17.0. The van der Waals surface area contributed by atoms with E-state index in [0.29, 0.717) is 0 Å². The van der Waals surface area contributed by atoms with E-state index in [1.54, 1.807) is 0 Å². The van der Waals surface area contributed by atoms with Gasteiger partial charge in [-0.25, -0.2) is 4.79 Å². The average Bonchev–Trinajstić information content (AvgIpc) is 2.17. The Balaban J connectivity index is 2.55. The van der Waals surface area contributed by atoms with Gasteiger partial charge in [0.05, 0.1) is 13.2 Å². The van der Waals surface area contributed by atoms with Crippen LogP contribution in [-0.2, 0) is 9.57 Å². The molecule has 1 rings (SSSR count). The number of carbonyl (C=O) groups is 1. The molecule has 5 nitrogen and oxygen atoms in total. The van der Waals surface area contributed by atoms with E-state index in [9.17, 15) is 4.79 Å². The van der Waals surface area contributed by atoms with Gasteiger partial charge in [-0.15, -0.1) is 0 Å². The van der Waals surface area contributed by atoms with Gasteiger partial charge in [0.15, 0.2) is 0 Å². The summed E-state index contributed by atoms with van der Waals surface area (Å²) in [7, 11) is 1.50. The van der Waals surface area contributed by atoms with Gasteiger partial charge >= 0.3 is 6.09 Å². The average molecular weight is 230 g/mol. The summed E-state index contributed by atoms with van der Waals surface area (Å²) in [5.41, 5.74) is -0.490. The molecule has 0 radical (unpaired) electrons. The highest BCUT2D eigenvalue weighted by Gasteiger charge is 2.29. The highest BCUT2D eigenvalue weighted by molar-refractivity contribution is 5.67. The number of piperidine rings is 1. The molecule has 0 aromatic heterocycles. The first-order chi connectivity index (χ1) is 7.44. The Bertz CT molecular complexity index is 232. The molecular formula is C11H22N2O3. The van der Waals surface area contributed by atoms with E-state index >= 15 is 0 Å². The number of nitrogens with zero attached hydrogens (tertiary/aromatic N) is 1. The van der Waals surface area contributed by atoms with Crippen molar-refractivity contribution < 1.29 is 14.4 Å². The van der Waals surface area contributed by atoms with Crippen molar-refractivity contribution >= 4 is 6.09 Å². The SMILES string of the molecule is CON(C(=O)OC(C)(C)C)C1CCCNC1. The van der Waals surface area contributed by atoms with Crippen LogP contribution in [-0.4, -0.2) is 43.0 Å².